The van der Waals surface area contributed by atoms with Crippen molar-refractivity contribution in [3.8, 4) is 0 Å². The SMILES string of the molecule is CC1(OC2CCOC2)CNC1. The van der Waals surface area contributed by atoms with Crippen LogP contribution in [0.3, 0.4) is 0 Å². The average molecular weight is 157 g/mol. The first-order valence-corrected chi connectivity index (χ1v) is 4.25. The lowest BCUT2D eigenvalue weighted by molar-refractivity contribution is -0.110. The zero-order chi connectivity index (χ0) is 7.73. The van der Waals surface area contributed by atoms with Crippen LogP contribution in [0, 0.1) is 0 Å². The number of hydrogen-bond donors (Lipinski definition) is 1. The maximum absolute atomic E-state index is 5.85. The summed E-state index contributed by atoms with van der Waals surface area (Å²) in [5.74, 6) is 0. The highest BCUT2D eigenvalue weighted by molar-refractivity contribution is 4.91. The van der Waals surface area contributed by atoms with Crippen LogP contribution >= 0.6 is 0 Å². The molecule has 2 heterocycles. The molecule has 2 aliphatic rings. The van der Waals surface area contributed by atoms with E-state index in [9.17, 15) is 0 Å². The van der Waals surface area contributed by atoms with Crippen molar-refractivity contribution in [2.24, 2.45) is 0 Å². The van der Waals surface area contributed by atoms with Crippen molar-refractivity contribution in [1.29, 1.82) is 0 Å². The van der Waals surface area contributed by atoms with Crippen molar-refractivity contribution < 1.29 is 9.47 Å². The van der Waals surface area contributed by atoms with Crippen LogP contribution in [0.4, 0.5) is 0 Å². The van der Waals surface area contributed by atoms with Crippen LogP contribution in [0.25, 0.3) is 0 Å². The highest BCUT2D eigenvalue weighted by atomic mass is 16.6. The van der Waals surface area contributed by atoms with E-state index in [0.29, 0.717) is 6.10 Å². The van der Waals surface area contributed by atoms with Gasteiger partial charge in [-0.05, 0) is 13.3 Å². The Morgan fingerprint density at radius 1 is 1.55 bits per heavy atom. The molecule has 0 amide bonds. The fourth-order valence-electron chi connectivity index (χ4n) is 1.57. The minimum atomic E-state index is 0.0956. The fourth-order valence-corrected chi connectivity index (χ4v) is 1.57. The third-order valence-corrected chi connectivity index (χ3v) is 2.34. The summed E-state index contributed by atoms with van der Waals surface area (Å²) in [7, 11) is 0. The third-order valence-electron chi connectivity index (χ3n) is 2.34. The van der Waals surface area contributed by atoms with Crippen molar-refractivity contribution in [3.63, 3.8) is 0 Å². The number of nitrogens with one attached hydrogen (secondary N) is 1. The molecule has 0 bridgehead atoms. The van der Waals surface area contributed by atoms with E-state index in [4.69, 9.17) is 9.47 Å². The molecule has 1 N–H and O–H groups in total. The van der Waals surface area contributed by atoms with Gasteiger partial charge in [0.05, 0.1) is 18.3 Å². The van der Waals surface area contributed by atoms with Crippen molar-refractivity contribution in [3.05, 3.63) is 0 Å². The Morgan fingerprint density at radius 2 is 2.36 bits per heavy atom. The molecule has 11 heavy (non-hydrogen) atoms. The molecule has 2 aliphatic heterocycles. The lowest BCUT2D eigenvalue weighted by Gasteiger charge is -2.40. The molecule has 0 spiro atoms. The van der Waals surface area contributed by atoms with Gasteiger partial charge in [0.2, 0.25) is 0 Å². The maximum atomic E-state index is 5.85. The molecule has 64 valence electrons. The van der Waals surface area contributed by atoms with Gasteiger partial charge in [-0.25, -0.2) is 0 Å². The predicted octanol–water partition coefficient (Wildman–Crippen LogP) is 0.154. The van der Waals surface area contributed by atoms with E-state index in [1.165, 1.54) is 0 Å². The van der Waals surface area contributed by atoms with Crippen LogP contribution < -0.4 is 5.32 Å². The number of hydrogen-bond acceptors (Lipinski definition) is 3. The monoisotopic (exact) mass is 157 g/mol. The lowest BCUT2D eigenvalue weighted by Crippen LogP contribution is -2.60. The topological polar surface area (TPSA) is 30.5 Å². The fraction of sp³-hybridized carbons (Fsp3) is 1.00. The van der Waals surface area contributed by atoms with Crippen molar-refractivity contribution in [2.45, 2.75) is 25.0 Å². The Hall–Kier alpha value is -0.120. The van der Waals surface area contributed by atoms with Gasteiger partial charge in [0, 0.05) is 19.7 Å². The molecule has 2 saturated heterocycles. The standard InChI is InChI=1S/C8H15NO2/c1-8(5-9-6-8)11-7-2-3-10-4-7/h7,9H,2-6H2,1H3. The van der Waals surface area contributed by atoms with Gasteiger partial charge in [0.25, 0.3) is 0 Å². The minimum Gasteiger partial charge on any atom is -0.379 e. The van der Waals surface area contributed by atoms with E-state index in [1.807, 2.05) is 0 Å². The summed E-state index contributed by atoms with van der Waals surface area (Å²) in [6, 6.07) is 0. The van der Waals surface area contributed by atoms with Gasteiger partial charge in [-0.15, -0.1) is 0 Å². The molecule has 2 fully saturated rings. The first kappa shape index (κ1) is 7.53. The molecule has 2 rings (SSSR count). The Bertz CT molecular complexity index is 139. The Balaban J connectivity index is 1.79. The van der Waals surface area contributed by atoms with Crippen LogP contribution in [0.2, 0.25) is 0 Å². The first-order chi connectivity index (χ1) is 5.29. The molecule has 0 aromatic heterocycles. The van der Waals surface area contributed by atoms with E-state index in [2.05, 4.69) is 12.2 Å². The smallest absolute Gasteiger partial charge is 0.0906 e. The zero-order valence-electron chi connectivity index (χ0n) is 6.93. The second kappa shape index (κ2) is 2.73. The van der Waals surface area contributed by atoms with E-state index in [1.54, 1.807) is 0 Å². The molecule has 0 aliphatic carbocycles. The van der Waals surface area contributed by atoms with Crippen molar-refractivity contribution >= 4 is 0 Å². The molecule has 3 nitrogen and oxygen atoms in total. The lowest BCUT2D eigenvalue weighted by atomic mass is 9.99. The van der Waals surface area contributed by atoms with Crippen LogP contribution in [0.5, 0.6) is 0 Å². The molecule has 1 unspecified atom stereocenters. The summed E-state index contributed by atoms with van der Waals surface area (Å²) in [5, 5.41) is 3.21. The van der Waals surface area contributed by atoms with E-state index in [-0.39, 0.29) is 5.60 Å². The van der Waals surface area contributed by atoms with Gasteiger partial charge in [-0.2, -0.15) is 0 Å². The van der Waals surface area contributed by atoms with Gasteiger partial charge in [-0.3, -0.25) is 0 Å². The van der Waals surface area contributed by atoms with E-state index < -0.39 is 0 Å². The molecule has 0 aromatic rings. The molecule has 0 aromatic carbocycles. The molecule has 3 heteroatoms. The first-order valence-electron chi connectivity index (χ1n) is 4.25. The number of rotatable bonds is 2. The van der Waals surface area contributed by atoms with Crippen molar-refractivity contribution in [1.82, 2.24) is 5.32 Å². The summed E-state index contributed by atoms with van der Waals surface area (Å²) < 4.78 is 11.1. The van der Waals surface area contributed by atoms with Crippen molar-refractivity contribution in [2.75, 3.05) is 26.3 Å². The minimum absolute atomic E-state index is 0.0956. The predicted molar refractivity (Wildman–Crippen MR) is 41.6 cm³/mol. The van der Waals surface area contributed by atoms with Gasteiger partial charge in [0.15, 0.2) is 0 Å². The van der Waals surface area contributed by atoms with Gasteiger partial charge in [0.1, 0.15) is 0 Å². The largest absolute Gasteiger partial charge is 0.379 e. The van der Waals surface area contributed by atoms with Gasteiger partial charge < -0.3 is 14.8 Å². The summed E-state index contributed by atoms with van der Waals surface area (Å²) in [5.41, 5.74) is 0.0956. The van der Waals surface area contributed by atoms with Crippen LogP contribution in [-0.4, -0.2) is 38.0 Å². The normalized spacial score (nSPS) is 35.2. The quantitative estimate of drug-likeness (QED) is 0.619. The molecule has 0 saturated carbocycles. The zero-order valence-corrected chi connectivity index (χ0v) is 6.93. The van der Waals surface area contributed by atoms with E-state index >= 15 is 0 Å². The highest BCUT2D eigenvalue weighted by Crippen LogP contribution is 2.21. The number of ether oxygens (including phenoxy) is 2. The maximum Gasteiger partial charge on any atom is 0.0906 e. The Labute approximate surface area is 67.1 Å². The van der Waals surface area contributed by atoms with Crippen LogP contribution in [0.1, 0.15) is 13.3 Å². The molecular formula is C8H15NO2. The van der Waals surface area contributed by atoms with Crippen LogP contribution in [0.15, 0.2) is 0 Å². The van der Waals surface area contributed by atoms with Gasteiger partial charge in [-0.1, -0.05) is 0 Å². The molecule has 0 radical (unpaired) electrons. The average Bonchev–Trinajstić information content (AvgIpc) is 2.36. The highest BCUT2D eigenvalue weighted by Gasteiger charge is 2.36. The Morgan fingerprint density at radius 3 is 2.82 bits per heavy atom. The summed E-state index contributed by atoms with van der Waals surface area (Å²) >= 11 is 0. The summed E-state index contributed by atoms with van der Waals surface area (Å²) in [4.78, 5) is 0. The second-order valence-electron chi connectivity index (χ2n) is 3.66. The summed E-state index contributed by atoms with van der Waals surface area (Å²) in [6.45, 7) is 5.79. The van der Waals surface area contributed by atoms with Gasteiger partial charge >= 0.3 is 0 Å². The molecule has 1 atom stereocenters. The molecular weight excluding hydrogens is 142 g/mol. The Kier molecular flexibility index (Phi) is 1.87. The van der Waals surface area contributed by atoms with Crippen LogP contribution in [-0.2, 0) is 9.47 Å². The third kappa shape index (κ3) is 1.55. The second-order valence-corrected chi connectivity index (χ2v) is 3.66. The van der Waals surface area contributed by atoms with E-state index in [0.717, 1.165) is 32.7 Å². The summed E-state index contributed by atoms with van der Waals surface area (Å²) in [6.07, 6.45) is 1.41.